The number of thioether (sulfide) groups is 1. The van der Waals surface area contributed by atoms with Gasteiger partial charge in [0.15, 0.2) is 0 Å². The molecule has 0 atom stereocenters. The van der Waals surface area contributed by atoms with Crippen LogP contribution < -0.4 is 4.74 Å². The second kappa shape index (κ2) is 11.8. The number of hydrogen-bond acceptors (Lipinski definition) is 6. The first kappa shape index (κ1) is 27.3. The van der Waals surface area contributed by atoms with Crippen LogP contribution in [0.4, 0.5) is 4.79 Å². The Bertz CT molecular complexity index is 1530. The highest BCUT2D eigenvalue weighted by atomic mass is 32.2. The molecule has 0 radical (unpaired) electrons. The smallest absolute Gasteiger partial charge is 0.294 e. The maximum absolute atomic E-state index is 13.1. The van der Waals surface area contributed by atoms with E-state index in [0.717, 1.165) is 64.1 Å². The summed E-state index contributed by atoms with van der Waals surface area (Å²) in [6.07, 6.45) is 4.74. The molecule has 8 nitrogen and oxygen atoms in total. The number of ether oxygens (including phenoxy) is 1. The Morgan fingerprint density at radius 1 is 1.05 bits per heavy atom. The van der Waals surface area contributed by atoms with Crippen LogP contribution in [0.5, 0.6) is 5.75 Å². The second-order valence-electron chi connectivity index (χ2n) is 9.92. The van der Waals surface area contributed by atoms with Crippen LogP contribution in [0.2, 0.25) is 0 Å². The SMILES string of the molecule is Cc1cc(/C=C2\SC(=O)N(CC(=O)N3CCCCC3)C2=O)c(C)n1-c1ccc(OCc2ccccc2C#N)cc1. The van der Waals surface area contributed by atoms with E-state index in [-0.39, 0.29) is 12.5 Å². The molecule has 2 saturated heterocycles. The molecule has 0 unspecified atom stereocenters. The third-order valence-electron chi connectivity index (χ3n) is 7.26. The van der Waals surface area contributed by atoms with Gasteiger partial charge in [0, 0.05) is 35.7 Å². The van der Waals surface area contributed by atoms with E-state index in [2.05, 4.69) is 10.6 Å². The van der Waals surface area contributed by atoms with E-state index < -0.39 is 11.1 Å². The molecule has 40 heavy (non-hydrogen) atoms. The molecule has 0 N–H and O–H groups in total. The first-order chi connectivity index (χ1) is 19.4. The highest BCUT2D eigenvalue weighted by molar-refractivity contribution is 8.18. The van der Waals surface area contributed by atoms with Crippen LogP contribution in [-0.2, 0) is 16.2 Å². The Hall–Kier alpha value is -4.29. The molecule has 3 heterocycles. The lowest BCUT2D eigenvalue weighted by Crippen LogP contribution is -2.44. The third-order valence-corrected chi connectivity index (χ3v) is 8.17. The van der Waals surface area contributed by atoms with Crippen molar-refractivity contribution in [2.24, 2.45) is 0 Å². The van der Waals surface area contributed by atoms with Crippen LogP contribution in [0.1, 0.15) is 47.3 Å². The van der Waals surface area contributed by atoms with Gasteiger partial charge < -0.3 is 14.2 Å². The maximum atomic E-state index is 13.1. The number of benzene rings is 2. The number of likely N-dealkylation sites (tertiary alicyclic amines) is 1. The number of piperidine rings is 1. The topological polar surface area (TPSA) is 95.6 Å². The molecule has 2 aromatic carbocycles. The Labute approximate surface area is 237 Å². The summed E-state index contributed by atoms with van der Waals surface area (Å²) in [6.45, 7) is 5.39. The van der Waals surface area contributed by atoms with Gasteiger partial charge in [-0.25, -0.2) is 0 Å². The number of nitrogens with zero attached hydrogens (tertiary/aromatic N) is 4. The van der Waals surface area contributed by atoms with Gasteiger partial charge in [0.2, 0.25) is 5.91 Å². The van der Waals surface area contributed by atoms with Gasteiger partial charge in [-0.1, -0.05) is 18.2 Å². The lowest BCUT2D eigenvalue weighted by molar-refractivity contribution is -0.136. The molecule has 3 aromatic rings. The van der Waals surface area contributed by atoms with E-state index in [0.29, 0.717) is 35.9 Å². The standard InChI is InChI=1S/C31H30N4O4S/c1-21-16-25(17-28-30(37)34(31(38)40-28)19-29(36)33-14-6-3-7-15-33)22(2)35(21)26-10-12-27(13-11-26)39-20-24-9-5-4-8-23(24)18-32/h4-5,8-13,16-17H,3,6-7,14-15,19-20H2,1-2H3/b28-17-. The molecular formula is C31H30N4O4S. The monoisotopic (exact) mass is 554 g/mol. The number of amides is 3. The van der Waals surface area contributed by atoms with Crippen molar-refractivity contribution in [3.8, 4) is 17.5 Å². The molecule has 0 bridgehead atoms. The van der Waals surface area contributed by atoms with Crippen LogP contribution in [0.15, 0.2) is 59.5 Å². The minimum atomic E-state index is -0.426. The minimum absolute atomic E-state index is 0.178. The van der Waals surface area contributed by atoms with Gasteiger partial charge in [-0.3, -0.25) is 19.3 Å². The van der Waals surface area contributed by atoms with Gasteiger partial charge >= 0.3 is 0 Å². The summed E-state index contributed by atoms with van der Waals surface area (Å²) in [5.74, 6) is 0.0831. The first-order valence-electron chi connectivity index (χ1n) is 13.3. The van der Waals surface area contributed by atoms with Crippen molar-refractivity contribution in [2.75, 3.05) is 19.6 Å². The molecule has 9 heteroatoms. The number of carbonyl (C=O) groups is 3. The first-order valence-corrected chi connectivity index (χ1v) is 14.1. The average molecular weight is 555 g/mol. The summed E-state index contributed by atoms with van der Waals surface area (Å²) < 4.78 is 7.98. The number of nitriles is 1. The van der Waals surface area contributed by atoms with Crippen LogP contribution >= 0.6 is 11.8 Å². The number of aryl methyl sites for hydroxylation is 1. The summed E-state index contributed by atoms with van der Waals surface area (Å²) in [5.41, 5.74) is 5.08. The third kappa shape index (κ3) is 5.68. The molecule has 1 aromatic heterocycles. The zero-order valence-corrected chi connectivity index (χ0v) is 23.4. The molecule has 0 saturated carbocycles. The fraction of sp³-hybridized carbons (Fsp3) is 0.290. The van der Waals surface area contributed by atoms with Crippen molar-refractivity contribution in [2.45, 2.75) is 39.7 Å². The van der Waals surface area contributed by atoms with E-state index in [1.165, 1.54) is 0 Å². The van der Waals surface area contributed by atoms with E-state index in [1.807, 2.05) is 62.4 Å². The van der Waals surface area contributed by atoms with Gasteiger partial charge in [0.25, 0.3) is 11.1 Å². The molecule has 2 fully saturated rings. The lowest BCUT2D eigenvalue weighted by atomic mass is 10.1. The number of aromatic nitrogens is 1. The minimum Gasteiger partial charge on any atom is -0.489 e. The summed E-state index contributed by atoms with van der Waals surface area (Å²) in [7, 11) is 0. The molecule has 0 aliphatic carbocycles. The van der Waals surface area contributed by atoms with Gasteiger partial charge in [-0.15, -0.1) is 0 Å². The molecular weight excluding hydrogens is 524 g/mol. The number of hydrogen-bond donors (Lipinski definition) is 0. The van der Waals surface area contributed by atoms with Gasteiger partial charge in [0.05, 0.1) is 16.5 Å². The maximum Gasteiger partial charge on any atom is 0.294 e. The van der Waals surface area contributed by atoms with Crippen LogP contribution in [-0.4, -0.2) is 51.1 Å². The Balaban J connectivity index is 1.29. The fourth-order valence-corrected chi connectivity index (χ4v) is 5.92. The van der Waals surface area contributed by atoms with Crippen molar-refractivity contribution in [1.82, 2.24) is 14.4 Å². The molecule has 2 aliphatic rings. The fourth-order valence-electron chi connectivity index (χ4n) is 5.09. The van der Waals surface area contributed by atoms with E-state index >= 15 is 0 Å². The molecule has 204 valence electrons. The lowest BCUT2D eigenvalue weighted by Gasteiger charge is -2.27. The number of imide groups is 1. The summed E-state index contributed by atoms with van der Waals surface area (Å²) in [4.78, 5) is 41.5. The normalized spacial score (nSPS) is 16.5. The summed E-state index contributed by atoms with van der Waals surface area (Å²) in [5, 5.41) is 8.87. The van der Waals surface area contributed by atoms with Crippen LogP contribution in [0, 0.1) is 25.2 Å². The van der Waals surface area contributed by atoms with Gasteiger partial charge in [-0.05, 0) is 92.9 Å². The zero-order chi connectivity index (χ0) is 28.2. The van der Waals surface area contributed by atoms with Gasteiger partial charge in [-0.2, -0.15) is 5.26 Å². The van der Waals surface area contributed by atoms with Crippen molar-refractivity contribution in [3.05, 3.63) is 87.6 Å². The quantitative estimate of drug-likeness (QED) is 0.353. The Morgan fingerprint density at radius 3 is 2.50 bits per heavy atom. The van der Waals surface area contributed by atoms with Gasteiger partial charge in [0.1, 0.15) is 18.9 Å². The Morgan fingerprint density at radius 2 is 1.77 bits per heavy atom. The summed E-state index contributed by atoms with van der Waals surface area (Å²) in [6, 6.07) is 19.2. The number of carbonyl (C=O) groups excluding carboxylic acids is 3. The highest BCUT2D eigenvalue weighted by Gasteiger charge is 2.37. The van der Waals surface area contributed by atoms with E-state index in [1.54, 1.807) is 17.0 Å². The van der Waals surface area contributed by atoms with Crippen molar-refractivity contribution in [3.63, 3.8) is 0 Å². The molecule has 0 spiro atoms. The largest absolute Gasteiger partial charge is 0.489 e. The molecule has 2 aliphatic heterocycles. The Kier molecular flexibility index (Phi) is 8.08. The van der Waals surface area contributed by atoms with Crippen LogP contribution in [0.25, 0.3) is 11.8 Å². The second-order valence-corrected chi connectivity index (χ2v) is 10.9. The number of rotatable bonds is 7. The van der Waals surface area contributed by atoms with Crippen LogP contribution in [0.3, 0.4) is 0 Å². The molecule has 5 rings (SSSR count). The van der Waals surface area contributed by atoms with Crippen molar-refractivity contribution >= 4 is 34.9 Å². The van der Waals surface area contributed by atoms with E-state index in [4.69, 9.17) is 4.74 Å². The molecule has 3 amide bonds. The highest BCUT2D eigenvalue weighted by Crippen LogP contribution is 2.34. The average Bonchev–Trinajstić information content (AvgIpc) is 3.40. The van der Waals surface area contributed by atoms with Crippen molar-refractivity contribution in [1.29, 1.82) is 5.26 Å². The van der Waals surface area contributed by atoms with Crippen molar-refractivity contribution < 1.29 is 19.1 Å². The van der Waals surface area contributed by atoms with E-state index in [9.17, 15) is 19.6 Å². The zero-order valence-electron chi connectivity index (χ0n) is 22.6. The summed E-state index contributed by atoms with van der Waals surface area (Å²) >= 11 is 0.875. The predicted octanol–water partition coefficient (Wildman–Crippen LogP) is 5.59. The predicted molar refractivity (Wildman–Crippen MR) is 154 cm³/mol.